The van der Waals surface area contributed by atoms with E-state index < -0.39 is 0 Å². The molecule has 2 fully saturated rings. The lowest BCUT2D eigenvalue weighted by molar-refractivity contribution is -0.143. The third-order valence-electron chi connectivity index (χ3n) is 4.90. The molecular formula is C17H30N2O3. The van der Waals surface area contributed by atoms with E-state index in [1.165, 1.54) is 19.3 Å². The van der Waals surface area contributed by atoms with Crippen LogP contribution in [0.2, 0.25) is 0 Å². The number of carbonyl (C=O) groups excluding carboxylic acids is 2. The summed E-state index contributed by atoms with van der Waals surface area (Å²) < 4.78 is 4.98. The summed E-state index contributed by atoms with van der Waals surface area (Å²) in [7, 11) is 0. The minimum Gasteiger partial charge on any atom is -0.466 e. The number of hydrogen-bond acceptors (Lipinski definition) is 4. The van der Waals surface area contributed by atoms with Gasteiger partial charge in [0.05, 0.1) is 6.61 Å². The van der Waals surface area contributed by atoms with Crippen molar-refractivity contribution in [2.75, 3.05) is 19.7 Å². The number of rotatable bonds is 5. The fraction of sp³-hybridized carbons (Fsp3) is 0.882. The van der Waals surface area contributed by atoms with Crippen LogP contribution in [0.25, 0.3) is 0 Å². The van der Waals surface area contributed by atoms with Crippen molar-refractivity contribution in [3.8, 4) is 0 Å². The number of nitrogens with zero attached hydrogens (tertiary/aromatic N) is 1. The minimum absolute atomic E-state index is 0.0356. The molecule has 0 aromatic rings. The third kappa shape index (κ3) is 4.97. The van der Waals surface area contributed by atoms with E-state index in [2.05, 4.69) is 0 Å². The average Bonchev–Trinajstić information content (AvgIpc) is 2.53. The Balaban J connectivity index is 1.84. The first-order valence-electron chi connectivity index (χ1n) is 8.80. The smallest absolute Gasteiger partial charge is 0.305 e. The van der Waals surface area contributed by atoms with E-state index in [-0.39, 0.29) is 23.8 Å². The summed E-state index contributed by atoms with van der Waals surface area (Å²) >= 11 is 0. The van der Waals surface area contributed by atoms with E-state index in [1.54, 1.807) is 0 Å². The predicted molar refractivity (Wildman–Crippen MR) is 85.1 cm³/mol. The summed E-state index contributed by atoms with van der Waals surface area (Å²) in [5.41, 5.74) is 6.14. The highest BCUT2D eigenvalue weighted by Crippen LogP contribution is 2.28. The number of carbonyl (C=O) groups is 2. The first kappa shape index (κ1) is 17.3. The Morgan fingerprint density at radius 2 is 1.91 bits per heavy atom. The van der Waals surface area contributed by atoms with Gasteiger partial charge in [-0.2, -0.15) is 0 Å². The number of nitrogens with two attached hydrogens (primary N) is 1. The molecule has 0 spiro atoms. The molecule has 1 heterocycles. The molecule has 1 aliphatic carbocycles. The first-order valence-corrected chi connectivity index (χ1v) is 8.80. The molecule has 1 amide bonds. The van der Waals surface area contributed by atoms with E-state index in [0.29, 0.717) is 25.5 Å². The van der Waals surface area contributed by atoms with Crippen LogP contribution in [0, 0.1) is 11.8 Å². The molecule has 5 nitrogen and oxygen atoms in total. The maximum atomic E-state index is 12.7. The predicted octanol–water partition coefficient (Wildman–Crippen LogP) is 2.09. The van der Waals surface area contributed by atoms with Crippen molar-refractivity contribution < 1.29 is 14.3 Å². The lowest BCUT2D eigenvalue weighted by atomic mass is 9.86. The van der Waals surface area contributed by atoms with E-state index in [1.807, 2.05) is 11.8 Å². The van der Waals surface area contributed by atoms with Gasteiger partial charge in [-0.05, 0) is 38.5 Å². The Morgan fingerprint density at radius 1 is 1.18 bits per heavy atom. The van der Waals surface area contributed by atoms with Gasteiger partial charge in [0.1, 0.15) is 0 Å². The lowest BCUT2D eigenvalue weighted by Gasteiger charge is -2.38. The molecule has 5 heteroatoms. The molecule has 1 saturated carbocycles. The number of piperidine rings is 1. The van der Waals surface area contributed by atoms with Gasteiger partial charge in [-0.25, -0.2) is 0 Å². The van der Waals surface area contributed by atoms with Crippen molar-refractivity contribution >= 4 is 11.9 Å². The Hall–Kier alpha value is -1.10. The zero-order chi connectivity index (χ0) is 15.9. The Kier molecular flexibility index (Phi) is 6.68. The SMILES string of the molecule is CCOC(=O)CCC1CC(N)CN(C(=O)C2CCCCC2)C1. The van der Waals surface area contributed by atoms with Gasteiger partial charge in [0, 0.05) is 31.5 Å². The van der Waals surface area contributed by atoms with Crippen LogP contribution >= 0.6 is 0 Å². The van der Waals surface area contributed by atoms with Crippen LogP contribution in [-0.2, 0) is 14.3 Å². The van der Waals surface area contributed by atoms with E-state index >= 15 is 0 Å². The van der Waals surface area contributed by atoms with Crippen LogP contribution in [0.4, 0.5) is 0 Å². The van der Waals surface area contributed by atoms with Gasteiger partial charge in [-0.3, -0.25) is 9.59 Å². The molecular weight excluding hydrogens is 280 g/mol. The van der Waals surface area contributed by atoms with E-state index in [9.17, 15) is 9.59 Å². The minimum atomic E-state index is -0.146. The monoisotopic (exact) mass is 310 g/mol. The van der Waals surface area contributed by atoms with Crippen molar-refractivity contribution in [3.05, 3.63) is 0 Å². The first-order chi connectivity index (χ1) is 10.6. The van der Waals surface area contributed by atoms with Crippen LogP contribution in [0.15, 0.2) is 0 Å². The molecule has 126 valence electrons. The summed E-state index contributed by atoms with van der Waals surface area (Å²) in [4.78, 5) is 26.1. The highest BCUT2D eigenvalue weighted by Gasteiger charge is 2.32. The summed E-state index contributed by atoms with van der Waals surface area (Å²) in [5, 5.41) is 0. The number of likely N-dealkylation sites (tertiary alicyclic amines) is 1. The number of esters is 1. The Labute approximate surface area is 133 Å². The van der Waals surface area contributed by atoms with Gasteiger partial charge < -0.3 is 15.4 Å². The molecule has 0 aromatic carbocycles. The topological polar surface area (TPSA) is 72.6 Å². The summed E-state index contributed by atoms with van der Waals surface area (Å²) in [6, 6.07) is 0.0356. The molecule has 2 unspecified atom stereocenters. The van der Waals surface area contributed by atoms with Crippen molar-refractivity contribution in [3.63, 3.8) is 0 Å². The second-order valence-electron chi connectivity index (χ2n) is 6.78. The molecule has 0 radical (unpaired) electrons. The lowest BCUT2D eigenvalue weighted by Crippen LogP contribution is -2.51. The van der Waals surface area contributed by atoms with Crippen LogP contribution in [0.1, 0.15) is 58.3 Å². The second kappa shape index (κ2) is 8.51. The fourth-order valence-electron chi connectivity index (χ4n) is 3.80. The normalized spacial score (nSPS) is 26.7. The maximum Gasteiger partial charge on any atom is 0.305 e. The molecule has 2 N–H and O–H groups in total. The summed E-state index contributed by atoms with van der Waals surface area (Å²) in [6.45, 7) is 3.67. The number of hydrogen-bond donors (Lipinski definition) is 1. The van der Waals surface area contributed by atoms with Crippen molar-refractivity contribution in [2.24, 2.45) is 17.6 Å². The fourth-order valence-corrected chi connectivity index (χ4v) is 3.80. The zero-order valence-electron chi connectivity index (χ0n) is 13.8. The standard InChI is InChI=1S/C17H30N2O3/c1-2-22-16(20)9-8-13-10-15(18)12-19(11-13)17(21)14-6-4-3-5-7-14/h13-15H,2-12,18H2,1H3. The number of amides is 1. The molecule has 22 heavy (non-hydrogen) atoms. The third-order valence-corrected chi connectivity index (χ3v) is 4.90. The molecule has 0 aromatic heterocycles. The van der Waals surface area contributed by atoms with E-state index in [0.717, 1.165) is 32.2 Å². The Morgan fingerprint density at radius 3 is 2.59 bits per heavy atom. The van der Waals surface area contributed by atoms with Gasteiger partial charge in [0.2, 0.25) is 5.91 Å². The van der Waals surface area contributed by atoms with Gasteiger partial charge in [-0.1, -0.05) is 19.3 Å². The van der Waals surface area contributed by atoms with Gasteiger partial charge in [0.15, 0.2) is 0 Å². The highest BCUT2D eigenvalue weighted by molar-refractivity contribution is 5.79. The molecule has 0 bridgehead atoms. The van der Waals surface area contributed by atoms with Crippen LogP contribution in [0.5, 0.6) is 0 Å². The van der Waals surface area contributed by atoms with Crippen LogP contribution < -0.4 is 5.73 Å². The Bertz CT molecular complexity index is 380. The van der Waals surface area contributed by atoms with Gasteiger partial charge in [-0.15, -0.1) is 0 Å². The summed E-state index contributed by atoms with van der Waals surface area (Å²) in [5.74, 6) is 0.660. The molecule has 1 saturated heterocycles. The van der Waals surface area contributed by atoms with Crippen molar-refractivity contribution in [1.82, 2.24) is 4.90 Å². The van der Waals surface area contributed by atoms with Crippen molar-refractivity contribution in [1.29, 1.82) is 0 Å². The molecule has 2 rings (SSSR count). The highest BCUT2D eigenvalue weighted by atomic mass is 16.5. The van der Waals surface area contributed by atoms with Gasteiger partial charge in [0.25, 0.3) is 0 Å². The summed E-state index contributed by atoms with van der Waals surface area (Å²) in [6.07, 6.45) is 7.73. The maximum absolute atomic E-state index is 12.7. The van der Waals surface area contributed by atoms with Crippen molar-refractivity contribution in [2.45, 2.75) is 64.3 Å². The largest absolute Gasteiger partial charge is 0.466 e. The molecule has 1 aliphatic heterocycles. The molecule has 2 aliphatic rings. The molecule has 2 atom stereocenters. The van der Waals surface area contributed by atoms with Gasteiger partial charge >= 0.3 is 5.97 Å². The quantitative estimate of drug-likeness (QED) is 0.789. The van der Waals surface area contributed by atoms with Crippen LogP contribution in [-0.4, -0.2) is 42.5 Å². The van der Waals surface area contributed by atoms with E-state index in [4.69, 9.17) is 10.5 Å². The van der Waals surface area contributed by atoms with Crippen LogP contribution in [0.3, 0.4) is 0 Å². The average molecular weight is 310 g/mol. The second-order valence-corrected chi connectivity index (χ2v) is 6.78. The zero-order valence-corrected chi connectivity index (χ0v) is 13.8. The number of ether oxygens (including phenoxy) is 1.